The van der Waals surface area contributed by atoms with Crippen LogP contribution < -0.4 is 14.8 Å². The van der Waals surface area contributed by atoms with Crippen LogP contribution in [0.25, 0.3) is 0 Å². The van der Waals surface area contributed by atoms with Gasteiger partial charge < -0.3 is 14.8 Å². The van der Waals surface area contributed by atoms with Crippen molar-refractivity contribution in [1.29, 1.82) is 0 Å². The first-order chi connectivity index (χ1) is 15.2. The number of hydrogen-bond donors (Lipinski definition) is 1. The van der Waals surface area contributed by atoms with Crippen LogP contribution in [0.4, 0.5) is 0 Å². The molecule has 0 spiro atoms. The molecule has 4 heteroatoms. The molecular weight excluding hydrogens is 386 g/mol. The van der Waals surface area contributed by atoms with Gasteiger partial charge in [0, 0.05) is 23.1 Å². The quantitative estimate of drug-likeness (QED) is 0.596. The van der Waals surface area contributed by atoms with Gasteiger partial charge in [0.25, 0.3) is 0 Å². The molecule has 1 saturated carbocycles. The number of para-hydroxylation sites is 2. The van der Waals surface area contributed by atoms with Crippen LogP contribution in [0.3, 0.4) is 0 Å². The number of rotatable bonds is 5. The van der Waals surface area contributed by atoms with Crippen molar-refractivity contribution >= 4 is 5.91 Å². The minimum atomic E-state index is -0.365. The number of ether oxygens (including phenoxy) is 2. The summed E-state index contributed by atoms with van der Waals surface area (Å²) in [6.45, 7) is 0.639. The number of amides is 1. The molecule has 0 radical (unpaired) electrons. The van der Waals surface area contributed by atoms with Gasteiger partial charge in [-0.25, -0.2) is 0 Å². The summed E-state index contributed by atoms with van der Waals surface area (Å²) in [5, 5.41) is 3.32. The second kappa shape index (κ2) is 8.10. The lowest BCUT2D eigenvalue weighted by atomic mass is 9.78. The first-order valence-electron chi connectivity index (χ1n) is 11.0. The maximum atomic E-state index is 13.6. The molecule has 0 unspecified atom stereocenters. The number of methoxy groups -OCH3 is 1. The van der Waals surface area contributed by atoms with E-state index in [1.54, 1.807) is 7.11 Å². The Labute approximate surface area is 183 Å². The largest absolute Gasteiger partial charge is 0.497 e. The van der Waals surface area contributed by atoms with E-state index < -0.39 is 0 Å². The maximum absolute atomic E-state index is 13.6. The Bertz CT molecular complexity index is 1040. The van der Waals surface area contributed by atoms with Crippen molar-refractivity contribution in [2.45, 2.75) is 37.0 Å². The molecule has 3 aromatic carbocycles. The van der Waals surface area contributed by atoms with Gasteiger partial charge >= 0.3 is 0 Å². The molecule has 0 bridgehead atoms. The highest BCUT2D eigenvalue weighted by Gasteiger charge is 2.38. The number of hydrogen-bond acceptors (Lipinski definition) is 3. The van der Waals surface area contributed by atoms with Crippen molar-refractivity contribution in [2.24, 2.45) is 0 Å². The first kappa shape index (κ1) is 19.7. The summed E-state index contributed by atoms with van der Waals surface area (Å²) in [6.07, 6.45) is 4.54. The van der Waals surface area contributed by atoms with Crippen molar-refractivity contribution in [3.8, 4) is 17.2 Å². The Morgan fingerprint density at radius 3 is 2.10 bits per heavy atom. The lowest BCUT2D eigenvalue weighted by Crippen LogP contribution is -2.41. The van der Waals surface area contributed by atoms with E-state index in [1.165, 1.54) is 18.4 Å². The number of carbonyl (C=O) groups excluding carboxylic acids is 1. The molecule has 31 heavy (non-hydrogen) atoms. The molecule has 158 valence electrons. The topological polar surface area (TPSA) is 47.6 Å². The van der Waals surface area contributed by atoms with Crippen molar-refractivity contribution < 1.29 is 14.3 Å². The van der Waals surface area contributed by atoms with Crippen LogP contribution in [-0.2, 0) is 10.2 Å². The van der Waals surface area contributed by atoms with Crippen LogP contribution in [0, 0.1) is 0 Å². The van der Waals surface area contributed by atoms with E-state index >= 15 is 0 Å². The number of benzene rings is 3. The van der Waals surface area contributed by atoms with E-state index in [4.69, 9.17) is 9.47 Å². The van der Waals surface area contributed by atoms with Gasteiger partial charge in [-0.1, -0.05) is 61.4 Å². The third-order valence-electron chi connectivity index (χ3n) is 6.81. The molecule has 1 aliphatic heterocycles. The molecule has 1 amide bonds. The van der Waals surface area contributed by atoms with Crippen molar-refractivity contribution in [3.63, 3.8) is 0 Å². The number of carbonyl (C=O) groups is 1. The van der Waals surface area contributed by atoms with Crippen LogP contribution in [0.1, 0.15) is 48.3 Å². The zero-order valence-electron chi connectivity index (χ0n) is 17.8. The second-order valence-corrected chi connectivity index (χ2v) is 8.54. The van der Waals surface area contributed by atoms with E-state index in [9.17, 15) is 4.79 Å². The normalized spacial score (nSPS) is 16.7. The molecule has 1 N–H and O–H groups in total. The Hall–Kier alpha value is -3.27. The van der Waals surface area contributed by atoms with Crippen LogP contribution in [0.15, 0.2) is 72.8 Å². The van der Waals surface area contributed by atoms with Gasteiger partial charge in [-0.2, -0.15) is 0 Å². The molecular formula is C27H27NO3. The minimum Gasteiger partial charge on any atom is -0.497 e. The standard InChI is InChI=1S/C27H27NO3/c1-30-20-14-12-19(13-15-20)27(16-6-7-17-27)18-28-26(29)25-21-8-2-4-10-23(21)31-24-11-5-3-9-22(24)25/h2-5,8-15,25H,6-7,16-18H2,1H3,(H,28,29). The fourth-order valence-corrected chi connectivity index (χ4v) is 5.11. The second-order valence-electron chi connectivity index (χ2n) is 8.54. The fourth-order valence-electron chi connectivity index (χ4n) is 5.11. The third-order valence-corrected chi connectivity index (χ3v) is 6.81. The number of fused-ring (bicyclic) bond motifs is 2. The van der Waals surface area contributed by atoms with Crippen molar-refractivity contribution in [3.05, 3.63) is 89.5 Å². The van der Waals surface area contributed by atoms with Gasteiger partial charge in [0.2, 0.25) is 5.91 Å². The smallest absolute Gasteiger partial charge is 0.232 e. The highest BCUT2D eigenvalue weighted by Crippen LogP contribution is 2.45. The highest BCUT2D eigenvalue weighted by molar-refractivity contribution is 5.89. The SMILES string of the molecule is COc1ccc(C2(CNC(=O)C3c4ccccc4Oc4ccccc43)CCCC2)cc1. The van der Waals surface area contributed by atoms with Gasteiger partial charge in [0.1, 0.15) is 17.2 Å². The molecule has 0 aromatic heterocycles. The Balaban J connectivity index is 1.42. The molecule has 0 saturated heterocycles. The lowest BCUT2D eigenvalue weighted by Gasteiger charge is -2.32. The summed E-state index contributed by atoms with van der Waals surface area (Å²) in [5.74, 6) is 2.04. The molecule has 1 fully saturated rings. The Morgan fingerprint density at radius 1 is 0.935 bits per heavy atom. The summed E-state index contributed by atoms with van der Waals surface area (Å²) >= 11 is 0. The average Bonchev–Trinajstić information content (AvgIpc) is 3.31. The fraction of sp³-hybridized carbons (Fsp3) is 0.296. The highest BCUT2D eigenvalue weighted by atomic mass is 16.5. The van der Waals surface area contributed by atoms with Crippen molar-refractivity contribution in [2.75, 3.05) is 13.7 Å². The average molecular weight is 414 g/mol. The predicted octanol–water partition coefficient (Wildman–Crippen LogP) is 5.56. The van der Waals surface area contributed by atoms with E-state index in [1.807, 2.05) is 60.7 Å². The van der Waals surface area contributed by atoms with Crippen LogP contribution in [0.5, 0.6) is 17.2 Å². The summed E-state index contributed by atoms with van der Waals surface area (Å²) in [4.78, 5) is 13.6. The van der Waals surface area contributed by atoms with Crippen molar-refractivity contribution in [1.82, 2.24) is 5.32 Å². The van der Waals surface area contributed by atoms with E-state index in [0.717, 1.165) is 41.2 Å². The number of nitrogens with one attached hydrogen (secondary N) is 1. The maximum Gasteiger partial charge on any atom is 0.232 e. The van der Waals surface area contributed by atoms with Gasteiger partial charge in [-0.3, -0.25) is 4.79 Å². The lowest BCUT2D eigenvalue weighted by molar-refractivity contribution is -0.122. The first-order valence-corrected chi connectivity index (χ1v) is 11.0. The van der Waals surface area contributed by atoms with Gasteiger partial charge in [-0.15, -0.1) is 0 Å². The van der Waals surface area contributed by atoms with E-state index in [-0.39, 0.29) is 17.2 Å². The summed E-state index contributed by atoms with van der Waals surface area (Å²) in [5.41, 5.74) is 3.10. The van der Waals surface area contributed by atoms with Gasteiger partial charge in [0.15, 0.2) is 0 Å². The Morgan fingerprint density at radius 2 is 1.52 bits per heavy atom. The summed E-state index contributed by atoms with van der Waals surface area (Å²) in [7, 11) is 1.68. The summed E-state index contributed by atoms with van der Waals surface area (Å²) in [6, 6.07) is 24.0. The van der Waals surface area contributed by atoms with Crippen LogP contribution in [-0.4, -0.2) is 19.6 Å². The zero-order valence-corrected chi connectivity index (χ0v) is 17.8. The monoisotopic (exact) mass is 413 g/mol. The molecule has 4 nitrogen and oxygen atoms in total. The van der Waals surface area contributed by atoms with Gasteiger partial charge in [0.05, 0.1) is 13.0 Å². The minimum absolute atomic E-state index is 0.0217. The Kier molecular flexibility index (Phi) is 5.14. The van der Waals surface area contributed by atoms with Crippen LogP contribution >= 0.6 is 0 Å². The van der Waals surface area contributed by atoms with Gasteiger partial charge in [-0.05, 0) is 42.7 Å². The van der Waals surface area contributed by atoms with Crippen LogP contribution in [0.2, 0.25) is 0 Å². The van der Waals surface area contributed by atoms with E-state index in [0.29, 0.717) is 6.54 Å². The molecule has 1 heterocycles. The molecule has 2 aliphatic rings. The van der Waals surface area contributed by atoms with E-state index in [2.05, 4.69) is 17.4 Å². The summed E-state index contributed by atoms with van der Waals surface area (Å²) < 4.78 is 11.4. The zero-order chi connectivity index (χ0) is 21.3. The molecule has 0 atom stereocenters. The molecule has 1 aliphatic carbocycles. The molecule has 5 rings (SSSR count). The predicted molar refractivity (Wildman–Crippen MR) is 121 cm³/mol. The molecule has 3 aromatic rings. The third kappa shape index (κ3) is 3.56.